The van der Waals surface area contributed by atoms with E-state index in [0.717, 1.165) is 27.6 Å². The summed E-state index contributed by atoms with van der Waals surface area (Å²) >= 11 is 1.40. The van der Waals surface area contributed by atoms with Crippen LogP contribution in [0.5, 0.6) is 0 Å². The summed E-state index contributed by atoms with van der Waals surface area (Å²) in [6.07, 6.45) is 1.72. The van der Waals surface area contributed by atoms with E-state index in [9.17, 15) is 5.26 Å². The number of aromatic nitrogens is 1. The Morgan fingerprint density at radius 2 is 1.88 bits per heavy atom. The highest BCUT2D eigenvalue weighted by Crippen LogP contribution is 2.32. The molecule has 1 aromatic heterocycles. The third-order valence-electron chi connectivity index (χ3n) is 4.01. The number of rotatable bonds is 5. The largest absolute Gasteiger partial charge is 0.396 e. The highest BCUT2D eigenvalue weighted by atomic mass is 32.2. The first kappa shape index (κ1) is 17.3. The van der Waals surface area contributed by atoms with E-state index in [1.54, 1.807) is 6.20 Å². The highest BCUT2D eigenvalue weighted by molar-refractivity contribution is 7.99. The van der Waals surface area contributed by atoms with E-state index in [2.05, 4.69) is 46.3 Å². The van der Waals surface area contributed by atoms with Crippen molar-refractivity contribution in [3.05, 3.63) is 54.2 Å². The molecule has 1 N–H and O–H groups in total. The van der Waals surface area contributed by atoms with Crippen LogP contribution in [0.15, 0.2) is 53.7 Å². The van der Waals surface area contributed by atoms with Crippen LogP contribution in [0.1, 0.15) is 5.56 Å². The van der Waals surface area contributed by atoms with Gasteiger partial charge in [0.25, 0.3) is 0 Å². The zero-order chi connectivity index (χ0) is 17.8. The second-order valence-electron chi connectivity index (χ2n) is 5.86. The smallest absolute Gasteiger partial charge is 0.114 e. The van der Waals surface area contributed by atoms with Crippen LogP contribution < -0.4 is 4.90 Å². The van der Waals surface area contributed by atoms with Crippen molar-refractivity contribution >= 4 is 28.2 Å². The highest BCUT2D eigenvalue weighted by Gasteiger charge is 2.12. The fourth-order valence-corrected chi connectivity index (χ4v) is 3.44. The van der Waals surface area contributed by atoms with E-state index in [0.29, 0.717) is 16.3 Å². The molecule has 0 amide bonds. The molecule has 126 valence electrons. The lowest BCUT2D eigenvalue weighted by Crippen LogP contribution is -2.07. The van der Waals surface area contributed by atoms with Gasteiger partial charge in [-0.2, -0.15) is 5.26 Å². The van der Waals surface area contributed by atoms with Crippen molar-refractivity contribution < 1.29 is 5.11 Å². The fraction of sp³-hybridized carbons (Fsp3) is 0.200. The first-order valence-corrected chi connectivity index (χ1v) is 8.97. The Bertz CT molecular complexity index is 947. The van der Waals surface area contributed by atoms with Gasteiger partial charge < -0.3 is 10.0 Å². The molecule has 0 radical (unpaired) electrons. The number of hydrogen-bond donors (Lipinski definition) is 1. The Morgan fingerprint density at radius 3 is 2.60 bits per heavy atom. The van der Waals surface area contributed by atoms with Crippen LogP contribution in [0.4, 0.5) is 5.69 Å². The molecular weight excluding hydrogens is 330 g/mol. The van der Waals surface area contributed by atoms with Gasteiger partial charge in [-0.05, 0) is 40.6 Å². The minimum atomic E-state index is 0.0611. The molecule has 0 aliphatic carbocycles. The van der Waals surface area contributed by atoms with Gasteiger partial charge in [0, 0.05) is 37.3 Å². The summed E-state index contributed by atoms with van der Waals surface area (Å²) in [4.78, 5) is 6.37. The predicted octanol–water partition coefficient (Wildman–Crippen LogP) is 3.92. The lowest BCUT2D eigenvalue weighted by molar-refractivity contribution is 0.322. The van der Waals surface area contributed by atoms with Gasteiger partial charge in [-0.1, -0.05) is 18.2 Å². The second-order valence-corrected chi connectivity index (χ2v) is 6.95. The minimum Gasteiger partial charge on any atom is -0.396 e. The molecule has 4 nitrogen and oxygen atoms in total. The number of aliphatic hydroxyl groups is 1. The summed E-state index contributed by atoms with van der Waals surface area (Å²) in [5.74, 6) is 0.524. The molecule has 0 spiro atoms. The molecule has 0 aliphatic rings. The van der Waals surface area contributed by atoms with Crippen molar-refractivity contribution in [2.45, 2.75) is 5.03 Å². The maximum Gasteiger partial charge on any atom is 0.114 e. The first-order valence-electron chi connectivity index (χ1n) is 7.98. The van der Waals surface area contributed by atoms with Gasteiger partial charge in [0.1, 0.15) is 11.1 Å². The molecule has 0 fully saturated rings. The normalized spacial score (nSPS) is 10.6. The zero-order valence-corrected chi connectivity index (χ0v) is 15.0. The van der Waals surface area contributed by atoms with Crippen LogP contribution in [0.3, 0.4) is 0 Å². The number of nitriles is 1. The number of benzene rings is 2. The maximum absolute atomic E-state index is 9.60. The lowest BCUT2D eigenvalue weighted by Gasteiger charge is -2.14. The molecule has 2 aromatic carbocycles. The molecule has 25 heavy (non-hydrogen) atoms. The zero-order valence-electron chi connectivity index (χ0n) is 14.2. The Kier molecular flexibility index (Phi) is 5.22. The fourth-order valence-electron chi connectivity index (χ4n) is 2.72. The molecule has 0 bridgehead atoms. The average molecular weight is 349 g/mol. The summed E-state index contributed by atoms with van der Waals surface area (Å²) in [6, 6.07) is 16.7. The number of hydrogen-bond acceptors (Lipinski definition) is 5. The summed E-state index contributed by atoms with van der Waals surface area (Å²) in [7, 11) is 4.05. The molecule has 0 atom stereocenters. The van der Waals surface area contributed by atoms with Crippen LogP contribution in [0.25, 0.3) is 21.9 Å². The Labute approximate surface area is 151 Å². The summed E-state index contributed by atoms with van der Waals surface area (Å²) in [5, 5.41) is 21.6. The van der Waals surface area contributed by atoms with E-state index in [1.165, 1.54) is 11.8 Å². The van der Waals surface area contributed by atoms with E-state index < -0.39 is 0 Å². The summed E-state index contributed by atoms with van der Waals surface area (Å²) < 4.78 is 0. The standard InChI is InChI=1S/C20H19N3OS/c1-23(2)17-6-5-14-11-16(4-3-15(14)12-17)18-7-8-22-20(19(18)13-21)25-10-9-24/h3-8,11-12,24H,9-10H2,1-2H3. The van der Waals surface area contributed by atoms with Gasteiger partial charge in [0.05, 0.1) is 12.2 Å². The van der Waals surface area contributed by atoms with Crippen molar-refractivity contribution in [3.63, 3.8) is 0 Å². The predicted molar refractivity (Wildman–Crippen MR) is 104 cm³/mol. The molecule has 1 heterocycles. The molecule has 3 rings (SSSR count). The number of anilines is 1. The molecule has 0 aliphatic heterocycles. The van der Waals surface area contributed by atoms with Crippen LogP contribution >= 0.6 is 11.8 Å². The topological polar surface area (TPSA) is 60.1 Å². The monoisotopic (exact) mass is 349 g/mol. The van der Waals surface area contributed by atoms with Gasteiger partial charge in [-0.15, -0.1) is 11.8 Å². The van der Waals surface area contributed by atoms with Crippen molar-refractivity contribution in [1.82, 2.24) is 4.98 Å². The van der Waals surface area contributed by atoms with E-state index in [1.807, 2.05) is 26.2 Å². The van der Waals surface area contributed by atoms with Crippen LogP contribution in [0.2, 0.25) is 0 Å². The number of fused-ring (bicyclic) bond motifs is 1. The first-order chi connectivity index (χ1) is 12.1. The lowest BCUT2D eigenvalue weighted by atomic mass is 9.99. The number of aliphatic hydroxyl groups excluding tert-OH is 1. The van der Waals surface area contributed by atoms with Crippen molar-refractivity contribution in [2.75, 3.05) is 31.4 Å². The average Bonchev–Trinajstić information content (AvgIpc) is 2.64. The van der Waals surface area contributed by atoms with Gasteiger partial charge in [-0.3, -0.25) is 0 Å². The van der Waals surface area contributed by atoms with Crippen molar-refractivity contribution in [1.29, 1.82) is 5.26 Å². The van der Waals surface area contributed by atoms with Gasteiger partial charge >= 0.3 is 0 Å². The van der Waals surface area contributed by atoms with Crippen LogP contribution in [-0.4, -0.2) is 36.5 Å². The van der Waals surface area contributed by atoms with Gasteiger partial charge in [0.2, 0.25) is 0 Å². The quantitative estimate of drug-likeness (QED) is 0.707. The number of nitrogens with zero attached hydrogens (tertiary/aromatic N) is 3. The van der Waals surface area contributed by atoms with E-state index >= 15 is 0 Å². The summed E-state index contributed by atoms with van der Waals surface area (Å²) in [6.45, 7) is 0.0611. The van der Waals surface area contributed by atoms with Gasteiger partial charge in [-0.25, -0.2) is 4.98 Å². The number of thioether (sulfide) groups is 1. The third-order valence-corrected chi connectivity index (χ3v) is 4.98. The van der Waals surface area contributed by atoms with Crippen molar-refractivity contribution in [3.8, 4) is 17.2 Å². The molecule has 5 heteroatoms. The van der Waals surface area contributed by atoms with E-state index in [-0.39, 0.29) is 6.61 Å². The van der Waals surface area contributed by atoms with Crippen molar-refractivity contribution in [2.24, 2.45) is 0 Å². The maximum atomic E-state index is 9.60. The Balaban J connectivity index is 2.07. The van der Waals surface area contributed by atoms with Crippen LogP contribution in [-0.2, 0) is 0 Å². The molecule has 0 unspecified atom stereocenters. The number of pyridine rings is 1. The molecule has 3 aromatic rings. The summed E-state index contributed by atoms with van der Waals surface area (Å²) in [5.41, 5.74) is 3.58. The molecular formula is C20H19N3OS. The Hall–Kier alpha value is -2.55. The van der Waals surface area contributed by atoms with Gasteiger partial charge in [0.15, 0.2) is 0 Å². The minimum absolute atomic E-state index is 0.0611. The molecule has 0 saturated heterocycles. The SMILES string of the molecule is CN(C)c1ccc2cc(-c3ccnc(SCCO)c3C#N)ccc2c1. The second kappa shape index (κ2) is 7.56. The van der Waals surface area contributed by atoms with Crippen LogP contribution in [0, 0.1) is 11.3 Å². The molecule has 0 saturated carbocycles. The van der Waals surface area contributed by atoms with E-state index in [4.69, 9.17) is 5.11 Å². The third kappa shape index (κ3) is 3.60. The Morgan fingerprint density at radius 1 is 1.12 bits per heavy atom.